The predicted molar refractivity (Wildman–Crippen MR) is 95.9 cm³/mol. The van der Waals surface area contributed by atoms with Crippen LogP contribution in [-0.4, -0.2) is 11.6 Å². The number of carbonyl (C=O) groups is 2. The number of halogens is 3. The average molecular weight is 389 g/mol. The number of hydrogen-bond donors (Lipinski definition) is 0. The van der Waals surface area contributed by atoms with Crippen LogP contribution in [0, 0.1) is 22.7 Å². The second kappa shape index (κ2) is 7.85. The Bertz CT molecular complexity index is 923. The standard InChI is InChI=1S/C21H18F3NO3/c1-20(2,3)19(27)16(12-25)18(26)15-10-9-14(11-17(15)21(22,23)24)28-13-7-5-4-6-8-13/h4-11,16H,1-3H3. The van der Waals surface area contributed by atoms with E-state index in [0.717, 1.165) is 6.07 Å². The highest BCUT2D eigenvalue weighted by Crippen LogP contribution is 2.37. The Labute approximate surface area is 160 Å². The number of ketones is 2. The fourth-order valence-corrected chi connectivity index (χ4v) is 2.49. The molecule has 146 valence electrons. The number of nitriles is 1. The second-order valence-corrected chi connectivity index (χ2v) is 7.16. The third kappa shape index (κ3) is 4.77. The Morgan fingerprint density at radius 1 is 1.00 bits per heavy atom. The summed E-state index contributed by atoms with van der Waals surface area (Å²) in [7, 11) is 0. The molecule has 2 rings (SSSR count). The molecule has 0 spiro atoms. The Hall–Kier alpha value is -3.14. The number of Topliss-reactive ketones (excluding diaryl/α,β-unsaturated/α-hetero) is 2. The van der Waals surface area contributed by atoms with Gasteiger partial charge < -0.3 is 4.74 Å². The Balaban J connectivity index is 2.47. The summed E-state index contributed by atoms with van der Waals surface area (Å²) in [6.07, 6.45) is -4.87. The zero-order valence-electron chi connectivity index (χ0n) is 15.5. The molecule has 1 unspecified atom stereocenters. The van der Waals surface area contributed by atoms with Crippen molar-refractivity contribution in [2.24, 2.45) is 11.3 Å². The van der Waals surface area contributed by atoms with Crippen molar-refractivity contribution in [2.75, 3.05) is 0 Å². The summed E-state index contributed by atoms with van der Waals surface area (Å²) >= 11 is 0. The molecular formula is C21H18F3NO3. The number of para-hydroxylation sites is 1. The lowest BCUT2D eigenvalue weighted by Gasteiger charge is -2.21. The fourth-order valence-electron chi connectivity index (χ4n) is 2.49. The van der Waals surface area contributed by atoms with E-state index in [1.54, 1.807) is 36.4 Å². The summed E-state index contributed by atoms with van der Waals surface area (Å²) in [5, 5.41) is 9.24. The SMILES string of the molecule is CC(C)(C)C(=O)C(C#N)C(=O)c1ccc(Oc2ccccc2)cc1C(F)(F)F. The van der Waals surface area contributed by atoms with Crippen molar-refractivity contribution in [1.82, 2.24) is 0 Å². The number of alkyl halides is 3. The molecule has 28 heavy (non-hydrogen) atoms. The molecule has 0 aliphatic rings. The lowest BCUT2D eigenvalue weighted by molar-refractivity contribution is -0.138. The third-order valence-corrected chi connectivity index (χ3v) is 3.93. The van der Waals surface area contributed by atoms with Crippen LogP contribution in [0.15, 0.2) is 48.5 Å². The fraction of sp³-hybridized carbons (Fsp3) is 0.286. The van der Waals surface area contributed by atoms with Crippen molar-refractivity contribution in [2.45, 2.75) is 26.9 Å². The monoisotopic (exact) mass is 389 g/mol. The van der Waals surface area contributed by atoms with E-state index in [-0.39, 0.29) is 5.75 Å². The van der Waals surface area contributed by atoms with E-state index in [9.17, 15) is 28.0 Å². The summed E-state index contributed by atoms with van der Waals surface area (Å²) < 4.78 is 46.1. The zero-order chi connectivity index (χ0) is 21.1. The van der Waals surface area contributed by atoms with Gasteiger partial charge in [-0.25, -0.2) is 0 Å². The summed E-state index contributed by atoms with van der Waals surface area (Å²) in [6.45, 7) is 4.48. The van der Waals surface area contributed by atoms with Crippen LogP contribution in [0.2, 0.25) is 0 Å². The lowest BCUT2D eigenvalue weighted by Crippen LogP contribution is -2.33. The number of ether oxygens (including phenoxy) is 1. The molecule has 0 saturated heterocycles. The summed E-state index contributed by atoms with van der Waals surface area (Å²) in [5.41, 5.74) is -3.05. The van der Waals surface area contributed by atoms with Gasteiger partial charge in [0, 0.05) is 11.0 Å². The number of hydrogen-bond acceptors (Lipinski definition) is 4. The smallest absolute Gasteiger partial charge is 0.417 e. The van der Waals surface area contributed by atoms with Gasteiger partial charge in [0.25, 0.3) is 0 Å². The van der Waals surface area contributed by atoms with Gasteiger partial charge in [0.05, 0.1) is 11.6 Å². The molecule has 0 aliphatic heterocycles. The molecule has 0 bridgehead atoms. The molecule has 2 aromatic carbocycles. The maximum Gasteiger partial charge on any atom is 0.417 e. The second-order valence-electron chi connectivity index (χ2n) is 7.16. The highest BCUT2D eigenvalue weighted by Gasteiger charge is 2.41. The van der Waals surface area contributed by atoms with Crippen molar-refractivity contribution in [3.05, 3.63) is 59.7 Å². The Kier molecular flexibility index (Phi) is 5.93. The van der Waals surface area contributed by atoms with Gasteiger partial charge in [-0.2, -0.15) is 18.4 Å². The van der Waals surface area contributed by atoms with Gasteiger partial charge in [-0.3, -0.25) is 9.59 Å². The van der Waals surface area contributed by atoms with Crippen molar-refractivity contribution in [3.8, 4) is 17.6 Å². The van der Waals surface area contributed by atoms with Gasteiger partial charge in [0.15, 0.2) is 17.5 Å². The first-order chi connectivity index (χ1) is 12.9. The van der Waals surface area contributed by atoms with E-state index >= 15 is 0 Å². The van der Waals surface area contributed by atoms with Crippen LogP contribution >= 0.6 is 0 Å². The molecule has 0 amide bonds. The van der Waals surface area contributed by atoms with Gasteiger partial charge in [-0.05, 0) is 30.3 Å². The molecular weight excluding hydrogens is 371 g/mol. The molecule has 1 atom stereocenters. The molecule has 0 heterocycles. The molecule has 4 nitrogen and oxygen atoms in total. The van der Waals surface area contributed by atoms with Crippen molar-refractivity contribution in [1.29, 1.82) is 5.26 Å². The van der Waals surface area contributed by atoms with E-state index < -0.39 is 40.2 Å². The molecule has 7 heteroatoms. The van der Waals surface area contributed by atoms with Crippen LogP contribution in [0.3, 0.4) is 0 Å². The largest absolute Gasteiger partial charge is 0.457 e. The molecule has 0 radical (unpaired) electrons. The molecule has 0 saturated carbocycles. The topological polar surface area (TPSA) is 67.2 Å². The van der Waals surface area contributed by atoms with E-state index in [2.05, 4.69) is 0 Å². The first-order valence-corrected chi connectivity index (χ1v) is 8.37. The summed E-state index contributed by atoms with van der Waals surface area (Å²) in [5.74, 6) is -3.53. The van der Waals surface area contributed by atoms with Gasteiger partial charge in [0.1, 0.15) is 11.5 Å². The molecule has 0 fully saturated rings. The minimum Gasteiger partial charge on any atom is -0.457 e. The van der Waals surface area contributed by atoms with E-state index in [1.165, 1.54) is 26.8 Å². The first kappa shape index (κ1) is 21.2. The van der Waals surface area contributed by atoms with E-state index in [0.29, 0.717) is 11.8 Å². The first-order valence-electron chi connectivity index (χ1n) is 8.37. The van der Waals surface area contributed by atoms with Crippen LogP contribution < -0.4 is 4.74 Å². The van der Waals surface area contributed by atoms with Crippen LogP contribution in [0.5, 0.6) is 11.5 Å². The molecule has 0 aliphatic carbocycles. The van der Waals surface area contributed by atoms with Gasteiger partial charge in [-0.1, -0.05) is 39.0 Å². The number of benzene rings is 2. The van der Waals surface area contributed by atoms with Crippen molar-refractivity contribution < 1.29 is 27.5 Å². The van der Waals surface area contributed by atoms with E-state index in [1.807, 2.05) is 0 Å². The van der Waals surface area contributed by atoms with Gasteiger partial charge in [-0.15, -0.1) is 0 Å². The summed E-state index contributed by atoms with van der Waals surface area (Å²) in [6, 6.07) is 12.6. The number of carbonyl (C=O) groups excluding carboxylic acids is 2. The van der Waals surface area contributed by atoms with Gasteiger partial charge in [0.2, 0.25) is 0 Å². The summed E-state index contributed by atoms with van der Waals surface area (Å²) in [4.78, 5) is 24.9. The normalized spacial score (nSPS) is 12.8. The van der Waals surface area contributed by atoms with Crippen LogP contribution in [-0.2, 0) is 11.0 Å². The van der Waals surface area contributed by atoms with Crippen molar-refractivity contribution >= 4 is 11.6 Å². The Morgan fingerprint density at radius 3 is 2.11 bits per heavy atom. The average Bonchev–Trinajstić information content (AvgIpc) is 2.61. The van der Waals surface area contributed by atoms with Crippen LogP contribution in [0.4, 0.5) is 13.2 Å². The third-order valence-electron chi connectivity index (χ3n) is 3.93. The van der Waals surface area contributed by atoms with Crippen molar-refractivity contribution in [3.63, 3.8) is 0 Å². The molecule has 2 aromatic rings. The highest BCUT2D eigenvalue weighted by atomic mass is 19.4. The van der Waals surface area contributed by atoms with Gasteiger partial charge >= 0.3 is 6.18 Å². The lowest BCUT2D eigenvalue weighted by atomic mass is 9.80. The quantitative estimate of drug-likeness (QED) is 0.505. The maximum absolute atomic E-state index is 13.6. The molecule has 0 aromatic heterocycles. The maximum atomic E-state index is 13.6. The number of rotatable bonds is 5. The van der Waals surface area contributed by atoms with Crippen LogP contribution in [0.25, 0.3) is 0 Å². The Morgan fingerprint density at radius 2 is 1.61 bits per heavy atom. The predicted octanol–water partition coefficient (Wildman–Crippen LogP) is 5.44. The van der Waals surface area contributed by atoms with Crippen LogP contribution in [0.1, 0.15) is 36.7 Å². The highest BCUT2D eigenvalue weighted by molar-refractivity contribution is 6.14. The minimum absolute atomic E-state index is 0.120. The number of nitrogens with zero attached hydrogens (tertiary/aromatic N) is 1. The molecule has 0 N–H and O–H groups in total. The zero-order valence-corrected chi connectivity index (χ0v) is 15.5. The van der Waals surface area contributed by atoms with E-state index in [4.69, 9.17) is 4.74 Å². The minimum atomic E-state index is -4.87.